The average Bonchev–Trinajstić information content (AvgIpc) is 2.41. The number of rotatable bonds is 0. The second-order valence-corrected chi connectivity index (χ2v) is 2.66. The molecule has 0 fully saturated rings. The highest BCUT2D eigenvalue weighted by molar-refractivity contribution is 5.44. The number of hydrogen-bond acceptors (Lipinski definition) is 4. The predicted molar refractivity (Wildman–Crippen MR) is 57.9 cm³/mol. The molecule has 0 unspecified atom stereocenters. The van der Waals surface area contributed by atoms with E-state index >= 15 is 0 Å². The van der Waals surface area contributed by atoms with Crippen LogP contribution in [0.3, 0.4) is 0 Å². The standard InChI is InChI=1S/C8H4N2.C4H4N2/c9-5-7-3-1-2-4-8(7)6-10;1-2-6-4-3-5-1/h1-4H;1-4H. The summed E-state index contributed by atoms with van der Waals surface area (Å²) in [6, 6.07) is 10.6. The highest BCUT2D eigenvalue weighted by Crippen LogP contribution is 2.03. The third kappa shape index (κ3) is 3.57. The van der Waals surface area contributed by atoms with Crippen molar-refractivity contribution < 1.29 is 0 Å². The summed E-state index contributed by atoms with van der Waals surface area (Å²) in [4.78, 5) is 7.44. The third-order valence-electron chi connectivity index (χ3n) is 1.65. The van der Waals surface area contributed by atoms with Gasteiger partial charge in [0.1, 0.15) is 12.1 Å². The van der Waals surface area contributed by atoms with Crippen LogP contribution in [-0.2, 0) is 0 Å². The van der Waals surface area contributed by atoms with Crippen LogP contribution in [0.25, 0.3) is 0 Å². The summed E-state index contributed by atoms with van der Waals surface area (Å²) in [5, 5.41) is 16.9. The van der Waals surface area contributed by atoms with Crippen molar-refractivity contribution in [3.63, 3.8) is 0 Å². The quantitative estimate of drug-likeness (QED) is 0.662. The van der Waals surface area contributed by atoms with Gasteiger partial charge in [0, 0.05) is 24.8 Å². The third-order valence-corrected chi connectivity index (χ3v) is 1.65. The van der Waals surface area contributed by atoms with E-state index in [0.29, 0.717) is 11.1 Å². The monoisotopic (exact) mass is 208 g/mol. The molecule has 4 nitrogen and oxygen atoms in total. The van der Waals surface area contributed by atoms with Crippen LogP contribution < -0.4 is 0 Å². The zero-order chi connectivity index (χ0) is 11.6. The normalized spacial score (nSPS) is 7.88. The van der Waals surface area contributed by atoms with E-state index in [0.717, 1.165) is 0 Å². The van der Waals surface area contributed by atoms with Gasteiger partial charge in [-0.3, -0.25) is 9.97 Å². The molecule has 1 aromatic heterocycles. The zero-order valence-corrected chi connectivity index (χ0v) is 8.41. The van der Waals surface area contributed by atoms with Crippen molar-refractivity contribution in [3.8, 4) is 12.1 Å². The first-order valence-corrected chi connectivity index (χ1v) is 4.47. The van der Waals surface area contributed by atoms with Crippen molar-refractivity contribution >= 4 is 0 Å². The molecule has 0 aliphatic heterocycles. The fraction of sp³-hybridized carbons (Fsp3) is 0. The fourth-order valence-electron chi connectivity index (χ4n) is 0.931. The minimum absolute atomic E-state index is 0.435. The van der Waals surface area contributed by atoms with Gasteiger partial charge in [-0.25, -0.2) is 0 Å². The number of nitriles is 2. The Morgan fingerprint density at radius 2 is 1.12 bits per heavy atom. The molecule has 2 aromatic rings. The van der Waals surface area contributed by atoms with Crippen LogP contribution in [0.15, 0.2) is 49.1 Å². The molecule has 0 aliphatic rings. The van der Waals surface area contributed by atoms with Crippen molar-refractivity contribution in [1.29, 1.82) is 10.5 Å². The Labute approximate surface area is 93.4 Å². The van der Waals surface area contributed by atoms with Crippen LogP contribution >= 0.6 is 0 Å². The summed E-state index contributed by atoms with van der Waals surface area (Å²) in [6.07, 6.45) is 6.56. The Kier molecular flexibility index (Phi) is 4.75. The lowest BCUT2D eigenvalue weighted by atomic mass is 10.1. The van der Waals surface area contributed by atoms with Gasteiger partial charge in [0.05, 0.1) is 11.1 Å². The van der Waals surface area contributed by atoms with E-state index in [1.165, 1.54) is 0 Å². The van der Waals surface area contributed by atoms with Gasteiger partial charge in [-0.15, -0.1) is 0 Å². The lowest BCUT2D eigenvalue weighted by Gasteiger charge is -1.88. The summed E-state index contributed by atoms with van der Waals surface area (Å²) in [7, 11) is 0. The minimum Gasteiger partial charge on any atom is -0.262 e. The van der Waals surface area contributed by atoms with Gasteiger partial charge >= 0.3 is 0 Å². The summed E-state index contributed by atoms with van der Waals surface area (Å²) in [5.74, 6) is 0. The molecular weight excluding hydrogens is 200 g/mol. The van der Waals surface area contributed by atoms with Gasteiger partial charge in [-0.1, -0.05) is 12.1 Å². The largest absolute Gasteiger partial charge is 0.262 e. The van der Waals surface area contributed by atoms with Crippen molar-refractivity contribution in [2.75, 3.05) is 0 Å². The number of benzene rings is 1. The smallest absolute Gasteiger partial charge is 0.101 e. The molecule has 16 heavy (non-hydrogen) atoms. The van der Waals surface area contributed by atoms with Gasteiger partial charge in [0.2, 0.25) is 0 Å². The summed E-state index contributed by atoms with van der Waals surface area (Å²) in [5.41, 5.74) is 0.870. The first kappa shape index (κ1) is 11.4. The van der Waals surface area contributed by atoms with Crippen LogP contribution in [0.2, 0.25) is 0 Å². The molecule has 1 aromatic carbocycles. The van der Waals surface area contributed by atoms with Gasteiger partial charge < -0.3 is 0 Å². The summed E-state index contributed by atoms with van der Waals surface area (Å²) >= 11 is 0. The first-order valence-electron chi connectivity index (χ1n) is 4.47. The SMILES string of the molecule is N#Cc1ccccc1C#N.c1cnccn1. The van der Waals surface area contributed by atoms with E-state index in [1.54, 1.807) is 49.1 Å². The first-order chi connectivity index (χ1) is 7.88. The van der Waals surface area contributed by atoms with Crippen LogP contribution in [0.4, 0.5) is 0 Å². The summed E-state index contributed by atoms with van der Waals surface area (Å²) < 4.78 is 0. The second-order valence-electron chi connectivity index (χ2n) is 2.66. The van der Waals surface area contributed by atoms with E-state index in [-0.39, 0.29) is 0 Å². The molecule has 0 saturated carbocycles. The van der Waals surface area contributed by atoms with Crippen molar-refractivity contribution in [3.05, 3.63) is 60.2 Å². The topological polar surface area (TPSA) is 73.4 Å². The molecule has 0 aliphatic carbocycles. The van der Waals surface area contributed by atoms with Gasteiger partial charge in [-0.2, -0.15) is 10.5 Å². The van der Waals surface area contributed by atoms with Crippen LogP contribution in [-0.4, -0.2) is 9.97 Å². The van der Waals surface area contributed by atoms with Crippen molar-refractivity contribution in [2.45, 2.75) is 0 Å². The number of hydrogen-bond donors (Lipinski definition) is 0. The maximum atomic E-state index is 8.45. The predicted octanol–water partition coefficient (Wildman–Crippen LogP) is 1.91. The number of nitrogens with zero attached hydrogens (tertiary/aromatic N) is 4. The molecule has 0 saturated heterocycles. The highest BCUT2D eigenvalue weighted by Gasteiger charge is 1.95. The van der Waals surface area contributed by atoms with Crippen LogP contribution in [0, 0.1) is 22.7 Å². The minimum atomic E-state index is 0.435. The van der Waals surface area contributed by atoms with Gasteiger partial charge in [-0.05, 0) is 12.1 Å². The van der Waals surface area contributed by atoms with E-state index < -0.39 is 0 Å². The fourth-order valence-corrected chi connectivity index (χ4v) is 0.931. The Bertz CT molecular complexity index is 449. The van der Waals surface area contributed by atoms with Crippen LogP contribution in [0.1, 0.15) is 11.1 Å². The van der Waals surface area contributed by atoms with E-state index in [9.17, 15) is 0 Å². The van der Waals surface area contributed by atoms with Crippen molar-refractivity contribution in [2.24, 2.45) is 0 Å². The lowest BCUT2D eigenvalue weighted by Crippen LogP contribution is -1.79. The maximum Gasteiger partial charge on any atom is 0.101 e. The molecule has 4 heteroatoms. The Hall–Kier alpha value is -2.72. The molecule has 0 bridgehead atoms. The molecular formula is C12H8N4. The molecule has 1 heterocycles. The summed E-state index contributed by atoms with van der Waals surface area (Å²) in [6.45, 7) is 0. The van der Waals surface area contributed by atoms with Gasteiger partial charge in [0.15, 0.2) is 0 Å². The molecule has 2 rings (SSSR count). The van der Waals surface area contributed by atoms with E-state index in [2.05, 4.69) is 9.97 Å². The lowest BCUT2D eigenvalue weighted by molar-refractivity contribution is 1.20. The van der Waals surface area contributed by atoms with Crippen molar-refractivity contribution in [1.82, 2.24) is 9.97 Å². The second kappa shape index (κ2) is 6.69. The molecule has 0 N–H and O–H groups in total. The molecule has 0 radical (unpaired) electrons. The molecule has 0 spiro atoms. The Morgan fingerprint density at radius 1 is 0.750 bits per heavy atom. The average molecular weight is 208 g/mol. The maximum absolute atomic E-state index is 8.45. The van der Waals surface area contributed by atoms with Crippen LogP contribution in [0.5, 0.6) is 0 Å². The molecule has 0 amide bonds. The van der Waals surface area contributed by atoms with Gasteiger partial charge in [0.25, 0.3) is 0 Å². The molecule has 0 atom stereocenters. The van der Waals surface area contributed by atoms with E-state index in [4.69, 9.17) is 10.5 Å². The number of aromatic nitrogens is 2. The molecule has 76 valence electrons. The zero-order valence-electron chi connectivity index (χ0n) is 8.41. The Balaban J connectivity index is 0.000000181. The van der Waals surface area contributed by atoms with E-state index in [1.807, 2.05) is 12.1 Å². The Morgan fingerprint density at radius 3 is 1.38 bits per heavy atom. The highest BCUT2D eigenvalue weighted by atomic mass is 14.7.